The summed E-state index contributed by atoms with van der Waals surface area (Å²) in [5.74, 6) is 0. The average molecular weight is 435 g/mol. The van der Waals surface area contributed by atoms with E-state index in [1.54, 1.807) is 0 Å². The Balaban J connectivity index is 2.35. The van der Waals surface area contributed by atoms with Gasteiger partial charge in [-0.05, 0) is 0 Å². The Morgan fingerprint density at radius 3 is 0.929 bits per heavy atom. The minimum atomic E-state index is -1.81. The second kappa shape index (κ2) is 8.75. The number of rotatable bonds is 6. The van der Waals surface area contributed by atoms with Gasteiger partial charge in [0.25, 0.3) is 0 Å². The van der Waals surface area contributed by atoms with Crippen LogP contribution in [0.5, 0.6) is 0 Å². The van der Waals surface area contributed by atoms with Crippen LogP contribution in [0.2, 0.25) is 0 Å². The SMILES string of the molecule is CN(C)c1ccccc1[As](c1ccccc1N(C)C)c1ccccc1N(C)C. The molecule has 0 radical (unpaired) electrons. The predicted molar refractivity (Wildman–Crippen MR) is 127 cm³/mol. The average Bonchev–Trinajstić information content (AvgIpc) is 2.69. The first-order valence-corrected chi connectivity index (χ1v) is 12.3. The maximum absolute atomic E-state index is 2.33. The van der Waals surface area contributed by atoms with Crippen LogP contribution in [0.25, 0.3) is 0 Å². The molecule has 3 aromatic rings. The molecule has 0 spiro atoms. The van der Waals surface area contributed by atoms with Crippen molar-refractivity contribution in [1.29, 1.82) is 0 Å². The number of anilines is 3. The molecule has 146 valence electrons. The number of nitrogens with zero attached hydrogens (tertiary/aromatic N) is 3. The van der Waals surface area contributed by atoms with Crippen molar-refractivity contribution in [2.75, 3.05) is 57.0 Å². The van der Waals surface area contributed by atoms with Gasteiger partial charge in [-0.1, -0.05) is 0 Å². The summed E-state index contributed by atoms with van der Waals surface area (Å²) >= 11 is -1.81. The van der Waals surface area contributed by atoms with E-state index in [9.17, 15) is 0 Å². The van der Waals surface area contributed by atoms with Crippen LogP contribution in [0.3, 0.4) is 0 Å². The summed E-state index contributed by atoms with van der Waals surface area (Å²) in [6.45, 7) is 0. The van der Waals surface area contributed by atoms with Gasteiger partial charge in [-0.15, -0.1) is 0 Å². The van der Waals surface area contributed by atoms with Crippen molar-refractivity contribution in [3.05, 3.63) is 72.8 Å². The topological polar surface area (TPSA) is 9.72 Å². The van der Waals surface area contributed by atoms with Gasteiger partial charge in [0.05, 0.1) is 0 Å². The van der Waals surface area contributed by atoms with E-state index in [1.807, 2.05) is 0 Å². The number of para-hydroxylation sites is 3. The van der Waals surface area contributed by atoms with Crippen LogP contribution in [0.4, 0.5) is 17.1 Å². The van der Waals surface area contributed by atoms with Gasteiger partial charge >= 0.3 is 175 Å². The van der Waals surface area contributed by atoms with E-state index < -0.39 is 14.7 Å². The van der Waals surface area contributed by atoms with Crippen molar-refractivity contribution in [3.63, 3.8) is 0 Å². The summed E-state index contributed by atoms with van der Waals surface area (Å²) < 4.78 is 4.39. The number of benzene rings is 3. The monoisotopic (exact) mass is 435 g/mol. The molecule has 0 aromatic heterocycles. The zero-order valence-corrected chi connectivity index (χ0v) is 19.6. The Bertz CT molecular complexity index is 812. The van der Waals surface area contributed by atoms with E-state index in [1.165, 1.54) is 30.1 Å². The van der Waals surface area contributed by atoms with Gasteiger partial charge in [0.2, 0.25) is 0 Å². The minimum absolute atomic E-state index is 1.31. The second-order valence-electron chi connectivity index (χ2n) is 7.48. The molecule has 0 unspecified atom stereocenters. The molecule has 0 fully saturated rings. The summed E-state index contributed by atoms with van der Waals surface area (Å²) in [4.78, 5) is 6.73. The first-order valence-electron chi connectivity index (χ1n) is 9.51. The molecular formula is C24H30AsN3. The molecule has 4 heteroatoms. The van der Waals surface area contributed by atoms with Crippen LogP contribution in [0.1, 0.15) is 0 Å². The molecule has 0 aliphatic heterocycles. The summed E-state index contributed by atoms with van der Waals surface area (Å²) in [5.41, 5.74) is 3.93. The Kier molecular flexibility index (Phi) is 6.36. The fourth-order valence-corrected chi connectivity index (χ4v) is 9.77. The first kappa shape index (κ1) is 20.4. The fraction of sp³-hybridized carbons (Fsp3) is 0.250. The molecule has 0 bridgehead atoms. The zero-order valence-electron chi connectivity index (χ0n) is 17.7. The molecule has 28 heavy (non-hydrogen) atoms. The van der Waals surface area contributed by atoms with Crippen LogP contribution in [0.15, 0.2) is 72.8 Å². The molecule has 0 heterocycles. The first-order chi connectivity index (χ1) is 13.4. The van der Waals surface area contributed by atoms with E-state index in [4.69, 9.17) is 0 Å². The van der Waals surface area contributed by atoms with Crippen LogP contribution < -0.4 is 27.8 Å². The van der Waals surface area contributed by atoms with Crippen molar-refractivity contribution in [2.24, 2.45) is 0 Å². The van der Waals surface area contributed by atoms with Crippen LogP contribution in [-0.2, 0) is 0 Å². The molecule has 3 nitrogen and oxygen atoms in total. The summed E-state index contributed by atoms with van der Waals surface area (Å²) in [5, 5.41) is 0. The third kappa shape index (κ3) is 4.05. The van der Waals surface area contributed by atoms with Gasteiger partial charge in [0, 0.05) is 0 Å². The molecule has 0 aliphatic carbocycles. The summed E-state index contributed by atoms with van der Waals surface area (Å²) in [6.07, 6.45) is 0. The van der Waals surface area contributed by atoms with Gasteiger partial charge in [-0.3, -0.25) is 0 Å². The van der Waals surface area contributed by atoms with Crippen molar-refractivity contribution < 1.29 is 0 Å². The van der Waals surface area contributed by atoms with Gasteiger partial charge < -0.3 is 0 Å². The molecular weight excluding hydrogens is 405 g/mol. The van der Waals surface area contributed by atoms with Crippen molar-refractivity contribution in [2.45, 2.75) is 0 Å². The van der Waals surface area contributed by atoms with Gasteiger partial charge in [0.15, 0.2) is 0 Å². The van der Waals surface area contributed by atoms with E-state index in [0.29, 0.717) is 0 Å². The van der Waals surface area contributed by atoms with E-state index >= 15 is 0 Å². The summed E-state index contributed by atoms with van der Waals surface area (Å²) in [7, 11) is 12.8. The van der Waals surface area contributed by atoms with Crippen LogP contribution >= 0.6 is 0 Å². The van der Waals surface area contributed by atoms with Gasteiger partial charge in [-0.25, -0.2) is 0 Å². The zero-order chi connectivity index (χ0) is 20.3. The normalized spacial score (nSPS) is 10.8. The maximum atomic E-state index is 2.33. The van der Waals surface area contributed by atoms with Crippen LogP contribution in [0, 0.1) is 0 Å². The molecule has 0 aliphatic rings. The van der Waals surface area contributed by atoms with E-state index in [2.05, 4.69) is 130 Å². The Morgan fingerprint density at radius 1 is 0.429 bits per heavy atom. The second-order valence-corrected chi connectivity index (χ2v) is 11.9. The Hall–Kier alpha value is -2.38. The molecule has 0 saturated heterocycles. The van der Waals surface area contributed by atoms with Crippen molar-refractivity contribution in [1.82, 2.24) is 0 Å². The quantitative estimate of drug-likeness (QED) is 0.551. The predicted octanol–water partition coefficient (Wildman–Crippen LogP) is 2.40. The van der Waals surface area contributed by atoms with Crippen molar-refractivity contribution in [3.8, 4) is 0 Å². The molecule has 0 atom stereocenters. The summed E-state index contributed by atoms with van der Waals surface area (Å²) in [6, 6.07) is 26.7. The fourth-order valence-electron chi connectivity index (χ4n) is 3.48. The molecule has 0 saturated carbocycles. The van der Waals surface area contributed by atoms with Crippen LogP contribution in [-0.4, -0.2) is 56.9 Å². The molecule has 3 aromatic carbocycles. The molecule has 3 rings (SSSR count). The Morgan fingerprint density at radius 2 is 0.679 bits per heavy atom. The third-order valence-electron chi connectivity index (χ3n) is 4.81. The number of hydrogen-bond donors (Lipinski definition) is 0. The third-order valence-corrected chi connectivity index (χ3v) is 10.2. The van der Waals surface area contributed by atoms with Gasteiger partial charge in [-0.2, -0.15) is 0 Å². The van der Waals surface area contributed by atoms with E-state index in [-0.39, 0.29) is 0 Å². The van der Waals surface area contributed by atoms with Gasteiger partial charge in [0.1, 0.15) is 0 Å². The van der Waals surface area contributed by atoms with E-state index in [0.717, 1.165) is 0 Å². The molecule has 0 N–H and O–H groups in total. The molecule has 0 amide bonds. The standard InChI is InChI=1S/C24H30AsN3/c1-26(2)22-16-10-7-13-19(22)25(20-14-8-11-17-23(20)27(3)4)21-15-9-12-18-24(21)28(5)6/h7-18H,1-6H3. The Labute approximate surface area is 174 Å². The van der Waals surface area contributed by atoms with Crippen molar-refractivity contribution >= 4 is 44.8 Å². The number of hydrogen-bond acceptors (Lipinski definition) is 3.